The second-order valence-electron chi connectivity index (χ2n) is 11.8. The zero-order valence-electron chi connectivity index (χ0n) is 24.5. The molecule has 0 spiro atoms. The van der Waals surface area contributed by atoms with Crippen LogP contribution in [0, 0.1) is 0 Å². The Bertz CT molecular complexity index is 990. The van der Waals surface area contributed by atoms with E-state index in [2.05, 4.69) is 0 Å². The van der Waals surface area contributed by atoms with Crippen molar-refractivity contribution in [2.24, 2.45) is 0 Å². The van der Waals surface area contributed by atoms with Crippen LogP contribution >= 0.6 is 0 Å². The number of aliphatic hydroxyl groups excluding tert-OH is 13. The van der Waals surface area contributed by atoms with Crippen molar-refractivity contribution in [3.8, 4) is 0 Å². The van der Waals surface area contributed by atoms with E-state index in [-0.39, 0.29) is 5.57 Å². The van der Waals surface area contributed by atoms with Gasteiger partial charge in [-0.1, -0.05) is 6.08 Å². The molecule has 1 aliphatic carbocycles. The van der Waals surface area contributed by atoms with Crippen molar-refractivity contribution < 1.29 is 90.1 Å². The lowest BCUT2D eigenvalue weighted by Crippen LogP contribution is -2.68. The third-order valence-electron chi connectivity index (χ3n) is 8.96. The average molecular weight is 660 g/mol. The van der Waals surface area contributed by atoms with Crippen LogP contribution in [0.4, 0.5) is 0 Å². The summed E-state index contributed by atoms with van der Waals surface area (Å²) in [4.78, 5) is 1.39. The second-order valence-corrected chi connectivity index (χ2v) is 11.8. The molecule has 0 aromatic rings. The Balaban J connectivity index is 1.45. The Hall–Kier alpha value is -1.02. The molecule has 3 saturated heterocycles. The van der Waals surface area contributed by atoms with Gasteiger partial charge in [-0.15, -0.1) is 0 Å². The quantitative estimate of drug-likeness (QED) is 0.102. The number of hydrogen-bond donors (Lipinski definition) is 13. The fraction of sp³-hybridized carbons (Fsp3) is 0.923. The zero-order chi connectivity index (χ0) is 33.5. The van der Waals surface area contributed by atoms with Gasteiger partial charge in [0.25, 0.3) is 0 Å². The molecule has 262 valence electrons. The number of ether oxygens (including phenoxy) is 5. The molecule has 3 heterocycles. The summed E-state index contributed by atoms with van der Waals surface area (Å²) >= 11 is 0. The van der Waals surface area contributed by atoms with Crippen molar-refractivity contribution in [3.05, 3.63) is 11.6 Å². The van der Waals surface area contributed by atoms with Crippen LogP contribution < -0.4 is 0 Å². The highest BCUT2D eigenvalue weighted by Gasteiger charge is 2.54. The maximum absolute atomic E-state index is 11.1. The predicted octanol–water partition coefficient (Wildman–Crippen LogP) is -8.22. The zero-order valence-corrected chi connectivity index (χ0v) is 24.5. The van der Waals surface area contributed by atoms with Crippen LogP contribution in [0.5, 0.6) is 0 Å². The summed E-state index contributed by atoms with van der Waals surface area (Å²) in [5, 5.41) is 134. The minimum absolute atomic E-state index is 0.0404. The minimum Gasteiger partial charge on any atom is -0.394 e. The first-order valence-electron chi connectivity index (χ1n) is 14.5. The highest BCUT2D eigenvalue weighted by molar-refractivity contribution is 5.22. The first-order valence-corrected chi connectivity index (χ1v) is 14.5. The number of aliphatic hydroxyl groups is 13. The Morgan fingerprint density at radius 3 is 1.71 bits per heavy atom. The van der Waals surface area contributed by atoms with Gasteiger partial charge in [-0.2, -0.15) is 0 Å². The first-order chi connectivity index (χ1) is 21.2. The first kappa shape index (κ1) is 36.8. The van der Waals surface area contributed by atoms with Crippen molar-refractivity contribution in [2.45, 2.75) is 123 Å². The topological polar surface area (TPSA) is 312 Å². The van der Waals surface area contributed by atoms with Gasteiger partial charge < -0.3 is 90.1 Å². The Morgan fingerprint density at radius 1 is 0.644 bits per heavy atom. The van der Waals surface area contributed by atoms with Crippen LogP contribution in [0.1, 0.15) is 6.92 Å². The standard InChI is InChI=1S/C26H45NO18/c1-7-12(27(2)9-3-8(4-28)13(31)16(34)14(9)32)15(33)20(38)25(41-7)44-23-11(6-30)43-26(21(39)18(23)36)45-22-10(5-29)42-24(40)19(37)17(22)35/h3,7,9-26,28-40H,4-6H2,1-2H3/t7-,9+,10?,11?,12-,13+,14+,15?,16+,17?,18?,19?,20?,21?,22-,23-,24+,25-,26-/m1/s1. The van der Waals surface area contributed by atoms with Gasteiger partial charge in [0.1, 0.15) is 79.4 Å². The van der Waals surface area contributed by atoms with E-state index >= 15 is 0 Å². The maximum atomic E-state index is 11.1. The third-order valence-corrected chi connectivity index (χ3v) is 8.96. The smallest absolute Gasteiger partial charge is 0.187 e. The van der Waals surface area contributed by atoms with E-state index in [4.69, 9.17) is 23.7 Å². The molecule has 4 rings (SSSR count). The largest absolute Gasteiger partial charge is 0.394 e. The number of rotatable bonds is 9. The molecular formula is C26H45NO18. The van der Waals surface area contributed by atoms with Crippen LogP contribution in [-0.2, 0) is 23.7 Å². The molecule has 19 atom stereocenters. The van der Waals surface area contributed by atoms with Gasteiger partial charge in [0.15, 0.2) is 18.9 Å². The van der Waals surface area contributed by atoms with Crippen LogP contribution in [0.15, 0.2) is 11.6 Å². The summed E-state index contributed by atoms with van der Waals surface area (Å²) in [6, 6.07) is -2.07. The molecule has 45 heavy (non-hydrogen) atoms. The van der Waals surface area contributed by atoms with Crippen LogP contribution in [0.25, 0.3) is 0 Å². The summed E-state index contributed by atoms with van der Waals surface area (Å²) in [5.74, 6) is 0. The molecule has 4 aliphatic rings. The second kappa shape index (κ2) is 15.0. The number of nitrogens with zero attached hydrogens (tertiary/aromatic N) is 1. The van der Waals surface area contributed by atoms with Crippen molar-refractivity contribution in [1.82, 2.24) is 4.90 Å². The molecule has 0 bridgehead atoms. The molecule has 0 saturated carbocycles. The SMILES string of the molecule is C[C@H]1O[C@H](O[C@@H]2C(CO)O[C@H](O[C@@H]3C(CO)O[C@H](O)C(O)C3O)C(O)C2O)C(O)C(O)[C@@H]1N(C)[C@H]1C=C(CO)[C@H](O)[C@H](O)[C@H]1O. The molecule has 3 aliphatic heterocycles. The van der Waals surface area contributed by atoms with E-state index in [0.29, 0.717) is 0 Å². The van der Waals surface area contributed by atoms with Gasteiger partial charge in [0.2, 0.25) is 0 Å². The fourth-order valence-corrected chi connectivity index (χ4v) is 6.30. The molecule has 8 unspecified atom stereocenters. The summed E-state index contributed by atoms with van der Waals surface area (Å²) in [5.41, 5.74) is 0.0404. The molecule has 19 heteroatoms. The lowest BCUT2D eigenvalue weighted by atomic mass is 9.85. The van der Waals surface area contributed by atoms with Crippen molar-refractivity contribution in [2.75, 3.05) is 26.9 Å². The molecule has 0 aromatic heterocycles. The summed E-state index contributed by atoms with van der Waals surface area (Å²) in [6.07, 6.45) is -26.5. The summed E-state index contributed by atoms with van der Waals surface area (Å²) < 4.78 is 27.6. The van der Waals surface area contributed by atoms with Crippen molar-refractivity contribution in [3.63, 3.8) is 0 Å². The van der Waals surface area contributed by atoms with E-state index in [1.807, 2.05) is 0 Å². The number of likely N-dealkylation sites (N-methyl/N-ethyl adjacent to an activating group) is 1. The van der Waals surface area contributed by atoms with E-state index in [1.165, 1.54) is 24.9 Å². The van der Waals surface area contributed by atoms with E-state index in [0.717, 1.165) is 0 Å². The van der Waals surface area contributed by atoms with Gasteiger partial charge in [-0.25, -0.2) is 0 Å². The molecule has 13 N–H and O–H groups in total. The predicted molar refractivity (Wildman–Crippen MR) is 142 cm³/mol. The van der Waals surface area contributed by atoms with Gasteiger partial charge in [-0.3, -0.25) is 4.90 Å². The molecule has 3 fully saturated rings. The molecule has 0 amide bonds. The van der Waals surface area contributed by atoms with E-state index in [1.54, 1.807) is 0 Å². The Morgan fingerprint density at radius 2 is 1.16 bits per heavy atom. The van der Waals surface area contributed by atoms with Crippen LogP contribution in [0.3, 0.4) is 0 Å². The molecule has 0 aromatic carbocycles. The summed E-state index contributed by atoms with van der Waals surface area (Å²) in [7, 11) is 1.46. The van der Waals surface area contributed by atoms with E-state index < -0.39 is 136 Å². The monoisotopic (exact) mass is 659 g/mol. The Kier molecular flexibility index (Phi) is 12.3. The lowest BCUT2D eigenvalue weighted by molar-refractivity contribution is -0.375. The highest BCUT2D eigenvalue weighted by atomic mass is 16.7. The van der Waals surface area contributed by atoms with Gasteiger partial charge in [0, 0.05) is 0 Å². The highest BCUT2D eigenvalue weighted by Crippen LogP contribution is 2.34. The van der Waals surface area contributed by atoms with Gasteiger partial charge in [-0.05, 0) is 19.5 Å². The minimum atomic E-state index is -1.93. The summed E-state index contributed by atoms with van der Waals surface area (Å²) in [6.45, 7) is -0.714. The fourth-order valence-electron chi connectivity index (χ4n) is 6.30. The normalized spacial score (nSPS) is 51.3. The third kappa shape index (κ3) is 7.08. The average Bonchev–Trinajstić information content (AvgIpc) is 3.01. The van der Waals surface area contributed by atoms with Crippen LogP contribution in [0.2, 0.25) is 0 Å². The Labute approximate surface area is 257 Å². The number of hydrogen-bond acceptors (Lipinski definition) is 19. The maximum Gasteiger partial charge on any atom is 0.187 e. The molecule has 19 nitrogen and oxygen atoms in total. The van der Waals surface area contributed by atoms with E-state index in [9.17, 15) is 66.4 Å². The van der Waals surface area contributed by atoms with Crippen molar-refractivity contribution >= 4 is 0 Å². The molecule has 0 radical (unpaired) electrons. The lowest BCUT2D eigenvalue weighted by Gasteiger charge is -2.50. The van der Waals surface area contributed by atoms with Crippen LogP contribution in [-0.4, -0.2) is 215 Å². The van der Waals surface area contributed by atoms with Gasteiger partial charge in [0.05, 0.1) is 38.0 Å². The van der Waals surface area contributed by atoms with Crippen molar-refractivity contribution in [1.29, 1.82) is 0 Å². The molecular weight excluding hydrogens is 614 g/mol. The van der Waals surface area contributed by atoms with Gasteiger partial charge >= 0.3 is 0 Å².